The molecule has 3 rings (SSSR count). The van der Waals surface area contributed by atoms with Gasteiger partial charge in [0.25, 0.3) is 5.91 Å². The Kier molecular flexibility index (Phi) is 5.16. The van der Waals surface area contributed by atoms with E-state index in [1.807, 2.05) is 10.9 Å². The van der Waals surface area contributed by atoms with Crippen molar-refractivity contribution in [2.75, 3.05) is 13.1 Å². The predicted octanol–water partition coefficient (Wildman–Crippen LogP) is 0.385. The third-order valence-corrected chi connectivity index (χ3v) is 5.08. The van der Waals surface area contributed by atoms with E-state index in [1.165, 1.54) is 12.1 Å². The zero-order valence-corrected chi connectivity index (χ0v) is 14.5. The van der Waals surface area contributed by atoms with Crippen LogP contribution in [-0.4, -0.2) is 37.2 Å². The van der Waals surface area contributed by atoms with Crippen LogP contribution >= 0.6 is 0 Å². The fraction of sp³-hybridized carbons (Fsp3) is 0.375. The van der Waals surface area contributed by atoms with Crippen molar-refractivity contribution in [3.05, 3.63) is 47.8 Å². The molecule has 0 bridgehead atoms. The molecule has 1 fully saturated rings. The van der Waals surface area contributed by atoms with E-state index in [2.05, 4.69) is 15.7 Å². The van der Waals surface area contributed by atoms with Gasteiger partial charge in [-0.3, -0.25) is 9.48 Å². The molecule has 1 saturated heterocycles. The highest BCUT2D eigenvalue weighted by Crippen LogP contribution is 2.16. The number of sulfonamides is 1. The number of carbonyl (C=O) groups is 1. The van der Waals surface area contributed by atoms with Crippen molar-refractivity contribution in [1.29, 1.82) is 0 Å². The van der Waals surface area contributed by atoms with Gasteiger partial charge in [0.05, 0.1) is 10.9 Å². The molecule has 134 valence electrons. The topological polar surface area (TPSA) is 119 Å². The van der Waals surface area contributed by atoms with Gasteiger partial charge in [-0.1, -0.05) is 12.1 Å². The Labute approximate surface area is 146 Å². The van der Waals surface area contributed by atoms with Crippen molar-refractivity contribution in [2.45, 2.75) is 30.3 Å². The molecule has 2 aromatic rings. The van der Waals surface area contributed by atoms with Crippen LogP contribution in [0.1, 0.15) is 34.9 Å². The second kappa shape index (κ2) is 7.34. The minimum atomic E-state index is -3.76. The lowest BCUT2D eigenvalue weighted by molar-refractivity contribution is 0.0944. The van der Waals surface area contributed by atoms with Crippen LogP contribution in [0.15, 0.2) is 41.4 Å². The molecule has 4 N–H and O–H groups in total. The molecule has 0 saturated carbocycles. The molecule has 0 radical (unpaired) electrons. The molecule has 0 aliphatic carbocycles. The highest BCUT2D eigenvalue weighted by atomic mass is 32.2. The van der Waals surface area contributed by atoms with Gasteiger partial charge in [0.2, 0.25) is 10.0 Å². The lowest BCUT2D eigenvalue weighted by Gasteiger charge is -2.22. The molecule has 2 heterocycles. The van der Waals surface area contributed by atoms with Crippen LogP contribution in [0.5, 0.6) is 0 Å². The molecule has 1 aromatic carbocycles. The van der Waals surface area contributed by atoms with E-state index < -0.39 is 10.0 Å². The zero-order chi connectivity index (χ0) is 17.9. The first-order chi connectivity index (χ1) is 11.9. The van der Waals surface area contributed by atoms with Gasteiger partial charge in [0, 0.05) is 19.3 Å². The summed E-state index contributed by atoms with van der Waals surface area (Å²) in [6, 6.07) is 8.13. The number of benzene rings is 1. The summed E-state index contributed by atoms with van der Waals surface area (Å²) in [6.45, 7) is 2.06. The van der Waals surface area contributed by atoms with Crippen LogP contribution in [0.4, 0.5) is 0 Å². The lowest BCUT2D eigenvalue weighted by Crippen LogP contribution is -2.32. The lowest BCUT2D eigenvalue weighted by atomic mass is 10.1. The van der Waals surface area contributed by atoms with Gasteiger partial charge in [0.15, 0.2) is 0 Å². The van der Waals surface area contributed by atoms with E-state index >= 15 is 0 Å². The molecule has 1 atom stereocenters. The minimum Gasteiger partial charge on any atom is -0.347 e. The third kappa shape index (κ3) is 4.44. The number of carbonyl (C=O) groups excluding carboxylic acids is 1. The van der Waals surface area contributed by atoms with Crippen LogP contribution in [0.2, 0.25) is 0 Å². The summed E-state index contributed by atoms with van der Waals surface area (Å²) >= 11 is 0. The summed E-state index contributed by atoms with van der Waals surface area (Å²) in [5, 5.41) is 15.5. The maximum absolute atomic E-state index is 12.3. The Balaban J connectivity index is 1.62. The Morgan fingerprint density at radius 1 is 1.40 bits per heavy atom. The summed E-state index contributed by atoms with van der Waals surface area (Å²) in [7, 11) is -3.76. The molecule has 1 aliphatic rings. The normalized spacial score (nSPS) is 18.0. The molecular weight excluding hydrogens is 342 g/mol. The zero-order valence-electron chi connectivity index (χ0n) is 13.7. The molecule has 25 heavy (non-hydrogen) atoms. The van der Waals surface area contributed by atoms with Crippen molar-refractivity contribution in [3.8, 4) is 0 Å². The average Bonchev–Trinajstić information content (AvgIpc) is 3.10. The first-order valence-corrected chi connectivity index (χ1v) is 9.64. The molecular formula is C16H21N5O3S. The molecule has 1 aliphatic heterocycles. The van der Waals surface area contributed by atoms with Gasteiger partial charge in [-0.2, -0.15) is 5.10 Å². The number of hydrogen-bond acceptors (Lipinski definition) is 5. The van der Waals surface area contributed by atoms with E-state index in [0.29, 0.717) is 11.3 Å². The maximum atomic E-state index is 12.3. The smallest absolute Gasteiger partial charge is 0.272 e. The number of nitrogens with two attached hydrogens (primary N) is 1. The van der Waals surface area contributed by atoms with Crippen LogP contribution in [0, 0.1) is 0 Å². The number of rotatable bonds is 5. The third-order valence-electron chi connectivity index (χ3n) is 4.17. The molecule has 1 amide bonds. The summed E-state index contributed by atoms with van der Waals surface area (Å²) in [6.07, 6.45) is 3.94. The Hall–Kier alpha value is -2.23. The van der Waals surface area contributed by atoms with E-state index in [1.54, 1.807) is 18.2 Å². The van der Waals surface area contributed by atoms with Crippen molar-refractivity contribution in [3.63, 3.8) is 0 Å². The molecule has 0 spiro atoms. The first-order valence-electron chi connectivity index (χ1n) is 8.09. The number of nitrogens with zero attached hydrogens (tertiary/aromatic N) is 2. The SMILES string of the molecule is NS(=O)(=O)c1cccc(CNC(=O)c2ccn(C3CCCNC3)n2)c1. The highest BCUT2D eigenvalue weighted by Gasteiger charge is 2.17. The van der Waals surface area contributed by atoms with Gasteiger partial charge < -0.3 is 10.6 Å². The van der Waals surface area contributed by atoms with E-state index in [-0.39, 0.29) is 23.4 Å². The summed E-state index contributed by atoms with van der Waals surface area (Å²) < 4.78 is 24.6. The van der Waals surface area contributed by atoms with E-state index in [0.717, 1.165) is 25.9 Å². The maximum Gasteiger partial charge on any atom is 0.272 e. The van der Waals surface area contributed by atoms with Crippen LogP contribution in [-0.2, 0) is 16.6 Å². The summed E-state index contributed by atoms with van der Waals surface area (Å²) in [5.74, 6) is -0.302. The van der Waals surface area contributed by atoms with Crippen molar-refractivity contribution >= 4 is 15.9 Å². The largest absolute Gasteiger partial charge is 0.347 e. The predicted molar refractivity (Wildman–Crippen MR) is 92.4 cm³/mol. The molecule has 9 heteroatoms. The highest BCUT2D eigenvalue weighted by molar-refractivity contribution is 7.89. The van der Waals surface area contributed by atoms with E-state index in [9.17, 15) is 13.2 Å². The number of nitrogens with one attached hydrogen (secondary N) is 2. The fourth-order valence-corrected chi connectivity index (χ4v) is 3.41. The van der Waals surface area contributed by atoms with Gasteiger partial charge in [0.1, 0.15) is 5.69 Å². The average molecular weight is 363 g/mol. The van der Waals surface area contributed by atoms with Crippen molar-refractivity contribution in [2.24, 2.45) is 5.14 Å². The quantitative estimate of drug-likeness (QED) is 0.710. The van der Waals surface area contributed by atoms with Crippen molar-refractivity contribution in [1.82, 2.24) is 20.4 Å². The first kappa shape index (κ1) is 17.6. The summed E-state index contributed by atoms with van der Waals surface area (Å²) in [4.78, 5) is 12.3. The fourth-order valence-electron chi connectivity index (χ4n) is 2.83. The van der Waals surface area contributed by atoms with Gasteiger partial charge >= 0.3 is 0 Å². The van der Waals surface area contributed by atoms with Crippen LogP contribution < -0.4 is 15.8 Å². The summed E-state index contributed by atoms with van der Waals surface area (Å²) in [5.41, 5.74) is 0.990. The number of amides is 1. The molecule has 1 aromatic heterocycles. The van der Waals surface area contributed by atoms with Crippen LogP contribution in [0.3, 0.4) is 0 Å². The second-order valence-electron chi connectivity index (χ2n) is 6.06. The Bertz CT molecular complexity index is 856. The number of hydrogen-bond donors (Lipinski definition) is 3. The Morgan fingerprint density at radius 2 is 2.24 bits per heavy atom. The minimum absolute atomic E-state index is 0.0216. The van der Waals surface area contributed by atoms with Gasteiger partial charge in [-0.05, 0) is 43.1 Å². The Morgan fingerprint density at radius 3 is 2.96 bits per heavy atom. The van der Waals surface area contributed by atoms with Crippen molar-refractivity contribution < 1.29 is 13.2 Å². The van der Waals surface area contributed by atoms with E-state index in [4.69, 9.17) is 5.14 Å². The molecule has 1 unspecified atom stereocenters. The van der Waals surface area contributed by atoms with Gasteiger partial charge in [-0.25, -0.2) is 13.6 Å². The number of primary sulfonamides is 1. The monoisotopic (exact) mass is 363 g/mol. The molecule has 8 nitrogen and oxygen atoms in total. The standard InChI is InChI=1S/C16H21N5O3S/c17-25(23,24)14-5-1-3-12(9-14)10-19-16(22)15-6-8-21(20-15)13-4-2-7-18-11-13/h1,3,5-6,8-9,13,18H,2,4,7,10-11H2,(H,19,22)(H2,17,23,24). The number of aromatic nitrogens is 2. The second-order valence-corrected chi connectivity index (χ2v) is 7.62. The van der Waals surface area contributed by atoms with Gasteiger partial charge in [-0.15, -0.1) is 0 Å². The number of piperidine rings is 1. The van der Waals surface area contributed by atoms with Crippen LogP contribution in [0.25, 0.3) is 0 Å².